The van der Waals surface area contributed by atoms with Crippen LogP contribution in [0, 0.1) is 0 Å². The standard InChI is InChI=1S/C18H31NO12/c1-7(22)3-2-4-10(23)19-11-13(25)16(9(6-21)29-17(11)28)31-18-15(27)14(26)12(24)8(5-20)30-18/h8-9,11-18,20-21,24-28H,2-6H2,1H3,(H,19,23). The molecule has 2 heterocycles. The number of carbonyl (C=O) groups excluding carboxylic acids is 2. The molecule has 0 radical (unpaired) electrons. The van der Waals surface area contributed by atoms with E-state index < -0.39 is 80.5 Å². The van der Waals surface area contributed by atoms with Gasteiger partial charge < -0.3 is 60.1 Å². The molecule has 0 saturated carbocycles. The summed E-state index contributed by atoms with van der Waals surface area (Å²) >= 11 is 0. The van der Waals surface area contributed by atoms with Crippen LogP contribution in [0.5, 0.6) is 0 Å². The molecule has 13 nitrogen and oxygen atoms in total. The van der Waals surface area contributed by atoms with Gasteiger partial charge in [-0.25, -0.2) is 0 Å². The summed E-state index contributed by atoms with van der Waals surface area (Å²) in [6.07, 6.45) is -13.6. The minimum Gasteiger partial charge on any atom is -0.394 e. The lowest BCUT2D eigenvalue weighted by molar-refractivity contribution is -0.345. The van der Waals surface area contributed by atoms with Crippen LogP contribution in [0.1, 0.15) is 26.2 Å². The number of aliphatic hydroxyl groups is 7. The summed E-state index contributed by atoms with van der Waals surface area (Å²) in [7, 11) is 0. The predicted molar refractivity (Wildman–Crippen MR) is 99.1 cm³/mol. The quantitative estimate of drug-likeness (QED) is 0.166. The first-order chi connectivity index (χ1) is 14.6. The molecule has 2 saturated heterocycles. The molecule has 10 unspecified atom stereocenters. The second kappa shape index (κ2) is 11.6. The van der Waals surface area contributed by atoms with Crippen molar-refractivity contribution >= 4 is 11.7 Å². The van der Waals surface area contributed by atoms with Crippen molar-refractivity contribution < 1.29 is 59.5 Å². The molecule has 10 atom stereocenters. The zero-order valence-electron chi connectivity index (χ0n) is 17.0. The SMILES string of the molecule is CC(=O)CCCC(=O)NC1C(O)OC(CO)C(OC2OC(CO)C(O)C(O)C2O)C1O. The molecule has 0 spiro atoms. The molecule has 0 bridgehead atoms. The van der Waals surface area contributed by atoms with Gasteiger partial charge in [0.15, 0.2) is 12.6 Å². The molecule has 2 aliphatic rings. The van der Waals surface area contributed by atoms with Crippen LogP contribution in [0.15, 0.2) is 0 Å². The van der Waals surface area contributed by atoms with Crippen molar-refractivity contribution in [1.82, 2.24) is 5.32 Å². The van der Waals surface area contributed by atoms with Crippen LogP contribution in [-0.2, 0) is 23.8 Å². The highest BCUT2D eigenvalue weighted by atomic mass is 16.7. The first-order valence-corrected chi connectivity index (χ1v) is 9.97. The highest BCUT2D eigenvalue weighted by Gasteiger charge is 2.50. The third kappa shape index (κ3) is 6.38. The van der Waals surface area contributed by atoms with E-state index in [1.54, 1.807) is 0 Å². The van der Waals surface area contributed by atoms with Crippen molar-refractivity contribution in [3.8, 4) is 0 Å². The van der Waals surface area contributed by atoms with Crippen LogP contribution in [0.25, 0.3) is 0 Å². The smallest absolute Gasteiger partial charge is 0.220 e. The maximum Gasteiger partial charge on any atom is 0.220 e. The molecule has 8 N–H and O–H groups in total. The van der Waals surface area contributed by atoms with Gasteiger partial charge in [-0.3, -0.25) is 4.79 Å². The largest absolute Gasteiger partial charge is 0.394 e. The highest BCUT2D eigenvalue weighted by molar-refractivity contribution is 5.78. The fraction of sp³-hybridized carbons (Fsp3) is 0.889. The molecule has 13 heteroatoms. The lowest BCUT2D eigenvalue weighted by atomic mass is 9.95. The van der Waals surface area contributed by atoms with E-state index in [-0.39, 0.29) is 25.0 Å². The fourth-order valence-corrected chi connectivity index (χ4v) is 3.50. The van der Waals surface area contributed by atoms with Crippen molar-refractivity contribution in [3.05, 3.63) is 0 Å². The Morgan fingerprint density at radius 1 is 0.871 bits per heavy atom. The highest BCUT2D eigenvalue weighted by Crippen LogP contribution is 2.28. The zero-order chi connectivity index (χ0) is 23.3. The van der Waals surface area contributed by atoms with Crippen LogP contribution in [0.4, 0.5) is 0 Å². The number of nitrogens with one attached hydrogen (secondary N) is 1. The van der Waals surface area contributed by atoms with Gasteiger partial charge in [0.05, 0.1) is 13.2 Å². The van der Waals surface area contributed by atoms with E-state index in [0.29, 0.717) is 0 Å². The summed E-state index contributed by atoms with van der Waals surface area (Å²) in [6.45, 7) is -0.0263. The average molecular weight is 453 g/mol. The molecule has 2 rings (SSSR count). The van der Waals surface area contributed by atoms with E-state index >= 15 is 0 Å². The molecule has 180 valence electrons. The second-order valence-electron chi connectivity index (χ2n) is 7.69. The van der Waals surface area contributed by atoms with E-state index in [0.717, 1.165) is 0 Å². The molecule has 2 aliphatic heterocycles. The first kappa shape index (κ1) is 26.0. The zero-order valence-corrected chi connectivity index (χ0v) is 17.0. The number of Topliss-reactive ketones (excluding diaryl/α,β-unsaturated/α-hetero) is 1. The fourth-order valence-electron chi connectivity index (χ4n) is 3.50. The van der Waals surface area contributed by atoms with Gasteiger partial charge in [-0.1, -0.05) is 0 Å². The van der Waals surface area contributed by atoms with E-state index in [4.69, 9.17) is 14.2 Å². The topological polar surface area (TPSA) is 215 Å². The summed E-state index contributed by atoms with van der Waals surface area (Å²) in [5, 5.41) is 71.9. The van der Waals surface area contributed by atoms with E-state index in [1.165, 1.54) is 6.92 Å². The van der Waals surface area contributed by atoms with Crippen molar-refractivity contribution in [1.29, 1.82) is 0 Å². The van der Waals surface area contributed by atoms with E-state index in [9.17, 15) is 45.3 Å². The van der Waals surface area contributed by atoms with Gasteiger partial charge in [0.1, 0.15) is 54.6 Å². The van der Waals surface area contributed by atoms with Crippen molar-refractivity contribution in [2.24, 2.45) is 0 Å². The van der Waals surface area contributed by atoms with Crippen molar-refractivity contribution in [2.45, 2.75) is 87.5 Å². The van der Waals surface area contributed by atoms with E-state index in [1.807, 2.05) is 0 Å². The number of hydrogen-bond donors (Lipinski definition) is 8. The van der Waals surface area contributed by atoms with Crippen LogP contribution >= 0.6 is 0 Å². The monoisotopic (exact) mass is 453 g/mol. The van der Waals surface area contributed by atoms with Crippen LogP contribution in [-0.4, -0.2) is 122 Å². The molecule has 0 aromatic carbocycles. The molecular weight excluding hydrogens is 422 g/mol. The Hall–Kier alpha value is -1.26. The lowest BCUT2D eigenvalue weighted by Gasteiger charge is -2.46. The number of ether oxygens (including phenoxy) is 3. The van der Waals surface area contributed by atoms with E-state index in [2.05, 4.69) is 5.32 Å². The Kier molecular flexibility index (Phi) is 9.69. The van der Waals surface area contributed by atoms with Crippen LogP contribution in [0.2, 0.25) is 0 Å². The molecule has 2 fully saturated rings. The Morgan fingerprint density at radius 2 is 1.52 bits per heavy atom. The number of hydrogen-bond acceptors (Lipinski definition) is 12. The number of rotatable bonds is 9. The maximum absolute atomic E-state index is 12.1. The lowest BCUT2D eigenvalue weighted by Crippen LogP contribution is -2.67. The molecule has 31 heavy (non-hydrogen) atoms. The van der Waals surface area contributed by atoms with Gasteiger partial charge in [0.2, 0.25) is 5.91 Å². The summed E-state index contributed by atoms with van der Waals surface area (Å²) in [5.74, 6) is -0.658. The Labute approximate surface area is 178 Å². The first-order valence-electron chi connectivity index (χ1n) is 9.97. The maximum atomic E-state index is 12.1. The average Bonchev–Trinajstić information content (AvgIpc) is 2.72. The Bertz CT molecular complexity index is 604. The summed E-state index contributed by atoms with van der Waals surface area (Å²) < 4.78 is 15.9. The summed E-state index contributed by atoms with van der Waals surface area (Å²) in [6, 6.07) is -1.37. The van der Waals surface area contributed by atoms with Crippen molar-refractivity contribution in [3.63, 3.8) is 0 Å². The number of ketones is 1. The number of amides is 1. The van der Waals surface area contributed by atoms with Crippen molar-refractivity contribution in [2.75, 3.05) is 13.2 Å². The molecule has 0 aliphatic carbocycles. The third-order valence-electron chi connectivity index (χ3n) is 5.27. The van der Waals surface area contributed by atoms with Crippen LogP contribution in [0.3, 0.4) is 0 Å². The molecule has 1 amide bonds. The van der Waals surface area contributed by atoms with Gasteiger partial charge in [0, 0.05) is 12.8 Å². The van der Waals surface area contributed by atoms with Gasteiger partial charge in [-0.05, 0) is 13.3 Å². The normalized spacial score (nSPS) is 41.0. The number of carbonyl (C=O) groups is 2. The van der Waals surface area contributed by atoms with Gasteiger partial charge >= 0.3 is 0 Å². The predicted octanol–water partition coefficient (Wildman–Crippen LogP) is -4.51. The second-order valence-corrected chi connectivity index (χ2v) is 7.69. The summed E-state index contributed by atoms with van der Waals surface area (Å²) in [5.41, 5.74) is 0. The molecular formula is C18H31NO12. The minimum atomic E-state index is -1.77. The van der Waals surface area contributed by atoms with Gasteiger partial charge in [0.25, 0.3) is 0 Å². The third-order valence-corrected chi connectivity index (χ3v) is 5.27. The Morgan fingerprint density at radius 3 is 2.10 bits per heavy atom. The molecule has 0 aromatic heterocycles. The number of aliphatic hydroxyl groups excluding tert-OH is 7. The summed E-state index contributed by atoms with van der Waals surface area (Å²) in [4.78, 5) is 23.1. The Balaban J connectivity index is 2.08. The van der Waals surface area contributed by atoms with Gasteiger partial charge in [-0.15, -0.1) is 0 Å². The van der Waals surface area contributed by atoms with Crippen LogP contribution < -0.4 is 5.32 Å². The minimum absolute atomic E-state index is 0.0445. The molecule has 0 aromatic rings. The van der Waals surface area contributed by atoms with Gasteiger partial charge in [-0.2, -0.15) is 0 Å².